The van der Waals surface area contributed by atoms with Gasteiger partial charge >= 0.3 is 0 Å². The second-order valence-corrected chi connectivity index (χ2v) is 7.05. The molecule has 4 heteroatoms. The van der Waals surface area contributed by atoms with Crippen LogP contribution in [-0.4, -0.2) is 0 Å². The maximum absolute atomic E-state index is 6.61. The average molecular weight is 423 g/mol. The summed E-state index contributed by atoms with van der Waals surface area (Å²) in [5.74, 6) is 0. The lowest BCUT2D eigenvalue weighted by molar-refractivity contribution is 1.10. The molecule has 0 saturated carbocycles. The number of aryl methyl sites for hydroxylation is 2. The maximum atomic E-state index is 6.61. The highest BCUT2D eigenvalue weighted by molar-refractivity contribution is 9.10. The van der Waals surface area contributed by atoms with Gasteiger partial charge in [0.25, 0.3) is 0 Å². The molecule has 1 atom stereocenters. The molecule has 0 saturated heterocycles. The molecule has 0 amide bonds. The van der Waals surface area contributed by atoms with Gasteiger partial charge in [0.05, 0.1) is 10.4 Å². The minimum Gasteiger partial charge on any atom is -0.113 e. The molecule has 1 unspecified atom stereocenters. The first-order valence-electron chi connectivity index (χ1n) is 5.76. The Morgan fingerprint density at radius 3 is 2.26 bits per heavy atom. The van der Waals surface area contributed by atoms with Crippen molar-refractivity contribution < 1.29 is 0 Å². The van der Waals surface area contributed by atoms with Crippen LogP contribution < -0.4 is 0 Å². The fourth-order valence-corrected chi connectivity index (χ4v) is 3.27. The van der Waals surface area contributed by atoms with Crippen molar-refractivity contribution in [2.75, 3.05) is 0 Å². The minimum atomic E-state index is -0.180. The van der Waals surface area contributed by atoms with E-state index in [1.165, 1.54) is 11.1 Å². The summed E-state index contributed by atoms with van der Waals surface area (Å²) < 4.78 is 1.97. The molecule has 0 fully saturated rings. The second-order valence-electron chi connectivity index (χ2n) is 4.49. The Morgan fingerprint density at radius 1 is 0.947 bits per heavy atom. The van der Waals surface area contributed by atoms with Crippen molar-refractivity contribution in [3.05, 3.63) is 66.6 Å². The van der Waals surface area contributed by atoms with Gasteiger partial charge in [0, 0.05) is 8.95 Å². The number of hydrogen-bond donors (Lipinski definition) is 0. The highest BCUT2D eigenvalue weighted by Gasteiger charge is 2.15. The fourth-order valence-electron chi connectivity index (χ4n) is 1.93. The van der Waals surface area contributed by atoms with Gasteiger partial charge in [-0.15, -0.1) is 11.6 Å². The zero-order chi connectivity index (χ0) is 14.2. The van der Waals surface area contributed by atoms with Crippen LogP contribution in [0.15, 0.2) is 39.3 Å². The van der Waals surface area contributed by atoms with Gasteiger partial charge in [-0.2, -0.15) is 0 Å². The van der Waals surface area contributed by atoms with Crippen molar-refractivity contribution in [1.82, 2.24) is 0 Å². The second kappa shape index (κ2) is 6.17. The molecule has 2 rings (SSSR count). The molecule has 2 aromatic carbocycles. The predicted molar refractivity (Wildman–Crippen MR) is 90.5 cm³/mol. The van der Waals surface area contributed by atoms with Crippen LogP contribution in [-0.2, 0) is 0 Å². The number of alkyl halides is 1. The lowest BCUT2D eigenvalue weighted by atomic mass is 9.98. The van der Waals surface area contributed by atoms with E-state index in [2.05, 4.69) is 57.8 Å². The molecule has 0 aliphatic carbocycles. The average Bonchev–Trinajstić information content (AvgIpc) is 2.36. The van der Waals surface area contributed by atoms with E-state index in [-0.39, 0.29) is 5.38 Å². The van der Waals surface area contributed by atoms with Crippen molar-refractivity contribution >= 4 is 55.1 Å². The normalized spacial score (nSPS) is 12.5. The summed E-state index contributed by atoms with van der Waals surface area (Å²) in [6.07, 6.45) is 0. The van der Waals surface area contributed by atoms with E-state index >= 15 is 0 Å². The fraction of sp³-hybridized carbons (Fsp3) is 0.200. The molecule has 0 N–H and O–H groups in total. The number of rotatable bonds is 2. The third-order valence-corrected chi connectivity index (χ3v) is 5.61. The highest BCUT2D eigenvalue weighted by Crippen LogP contribution is 2.36. The van der Waals surface area contributed by atoms with Crippen molar-refractivity contribution in [3.8, 4) is 0 Å². The van der Waals surface area contributed by atoms with Crippen LogP contribution in [0.4, 0.5) is 0 Å². The van der Waals surface area contributed by atoms with E-state index in [0.717, 1.165) is 20.1 Å². The maximum Gasteiger partial charge on any atom is 0.0838 e. The smallest absolute Gasteiger partial charge is 0.0838 e. The largest absolute Gasteiger partial charge is 0.113 e. The number of halogens is 4. The van der Waals surface area contributed by atoms with E-state index in [1.54, 1.807) is 0 Å². The summed E-state index contributed by atoms with van der Waals surface area (Å²) in [5.41, 5.74) is 4.50. The molecule has 19 heavy (non-hydrogen) atoms. The van der Waals surface area contributed by atoms with E-state index in [1.807, 2.05) is 18.2 Å². The summed E-state index contributed by atoms with van der Waals surface area (Å²) in [5, 5.41) is 0.511. The summed E-state index contributed by atoms with van der Waals surface area (Å²) in [6.45, 7) is 4.13. The van der Waals surface area contributed by atoms with E-state index in [0.29, 0.717) is 5.02 Å². The summed E-state index contributed by atoms with van der Waals surface area (Å²) in [4.78, 5) is 0. The Kier molecular flexibility index (Phi) is 4.99. The van der Waals surface area contributed by atoms with Gasteiger partial charge in [-0.25, -0.2) is 0 Å². The van der Waals surface area contributed by atoms with E-state index in [9.17, 15) is 0 Å². The van der Waals surface area contributed by atoms with Gasteiger partial charge < -0.3 is 0 Å². The van der Waals surface area contributed by atoms with Crippen molar-refractivity contribution in [1.29, 1.82) is 0 Å². The first-order valence-corrected chi connectivity index (χ1v) is 8.16. The Balaban J connectivity index is 2.46. The topological polar surface area (TPSA) is 0 Å². The summed E-state index contributed by atoms with van der Waals surface area (Å²) >= 11 is 19.6. The van der Waals surface area contributed by atoms with E-state index < -0.39 is 0 Å². The highest BCUT2D eigenvalue weighted by atomic mass is 79.9. The molecule has 0 aromatic heterocycles. The zero-order valence-electron chi connectivity index (χ0n) is 10.5. The Bertz CT molecular complexity index is 624. The molecular weight excluding hydrogens is 411 g/mol. The summed E-state index contributed by atoms with van der Waals surface area (Å²) in [6, 6.07) is 10.0. The Hall–Kier alpha value is -0.0200. The van der Waals surface area contributed by atoms with E-state index in [4.69, 9.17) is 23.2 Å². The molecular formula is C15H12Br2Cl2. The molecule has 0 nitrogen and oxygen atoms in total. The summed E-state index contributed by atoms with van der Waals surface area (Å²) in [7, 11) is 0. The van der Waals surface area contributed by atoms with Gasteiger partial charge in [-0.3, -0.25) is 0 Å². The van der Waals surface area contributed by atoms with Crippen LogP contribution in [0.5, 0.6) is 0 Å². The molecule has 0 aliphatic rings. The SMILES string of the molecule is Cc1cc(C(Cl)c2ccc(Cl)c(Br)c2)c(C)cc1Br. The third-order valence-electron chi connectivity index (χ3n) is 3.06. The monoisotopic (exact) mass is 420 g/mol. The van der Waals surface area contributed by atoms with Crippen LogP contribution in [0.25, 0.3) is 0 Å². The van der Waals surface area contributed by atoms with Crippen LogP contribution in [0, 0.1) is 13.8 Å². The zero-order valence-corrected chi connectivity index (χ0v) is 15.2. The number of hydrogen-bond acceptors (Lipinski definition) is 0. The van der Waals surface area contributed by atoms with Gasteiger partial charge in [-0.1, -0.05) is 39.7 Å². The molecule has 0 bridgehead atoms. The number of benzene rings is 2. The molecule has 0 spiro atoms. The van der Waals surface area contributed by atoms with Crippen molar-refractivity contribution in [2.24, 2.45) is 0 Å². The lowest BCUT2D eigenvalue weighted by Crippen LogP contribution is -1.98. The predicted octanol–water partition coefficient (Wildman–Crippen LogP) is 6.81. The Labute approximate surface area is 140 Å². The molecule has 100 valence electrons. The lowest BCUT2D eigenvalue weighted by Gasteiger charge is -2.16. The van der Waals surface area contributed by atoms with Gasteiger partial charge in [-0.05, 0) is 70.2 Å². The Morgan fingerprint density at radius 2 is 1.63 bits per heavy atom. The quantitative estimate of drug-likeness (QED) is 0.466. The van der Waals surface area contributed by atoms with Crippen LogP contribution in [0.2, 0.25) is 5.02 Å². The molecule has 2 aromatic rings. The van der Waals surface area contributed by atoms with Crippen molar-refractivity contribution in [2.45, 2.75) is 19.2 Å². The standard InChI is InChI=1S/C15H12Br2Cl2/c1-8-6-12(16)9(2)5-11(8)15(19)10-3-4-14(18)13(17)7-10/h3-7,15H,1-2H3. The van der Waals surface area contributed by atoms with Crippen molar-refractivity contribution in [3.63, 3.8) is 0 Å². The minimum absolute atomic E-state index is 0.180. The molecule has 0 radical (unpaired) electrons. The first-order chi connectivity index (χ1) is 8.90. The molecule has 0 aliphatic heterocycles. The van der Waals surface area contributed by atoms with Crippen LogP contribution >= 0.6 is 55.1 Å². The van der Waals surface area contributed by atoms with Crippen LogP contribution in [0.1, 0.15) is 27.6 Å². The van der Waals surface area contributed by atoms with Gasteiger partial charge in [0.2, 0.25) is 0 Å². The van der Waals surface area contributed by atoms with Gasteiger partial charge in [0.1, 0.15) is 0 Å². The van der Waals surface area contributed by atoms with Gasteiger partial charge in [0.15, 0.2) is 0 Å². The van der Waals surface area contributed by atoms with Crippen LogP contribution in [0.3, 0.4) is 0 Å². The third kappa shape index (κ3) is 3.36. The first kappa shape index (κ1) is 15.4. The molecule has 0 heterocycles.